The highest BCUT2D eigenvalue weighted by molar-refractivity contribution is 7.45. The van der Waals surface area contributed by atoms with Gasteiger partial charge in [-0.05, 0) is 122 Å². The van der Waals surface area contributed by atoms with Gasteiger partial charge in [-0.25, -0.2) is 0 Å². The zero-order chi connectivity index (χ0) is 62.8. The number of carbonyl (C=O) groups is 2. The number of amides is 1. The van der Waals surface area contributed by atoms with Gasteiger partial charge in [-0.15, -0.1) is 0 Å². The van der Waals surface area contributed by atoms with Crippen LogP contribution in [-0.4, -0.2) is 69.4 Å². The first kappa shape index (κ1) is 82.4. The van der Waals surface area contributed by atoms with E-state index in [0.717, 1.165) is 135 Å². The van der Waals surface area contributed by atoms with E-state index < -0.39 is 26.6 Å². The van der Waals surface area contributed by atoms with Crippen LogP contribution in [0.25, 0.3) is 0 Å². The first-order valence-corrected chi connectivity index (χ1v) is 36.8. The minimum Gasteiger partial charge on any atom is -0.756 e. The third-order valence-electron chi connectivity index (χ3n) is 15.1. The Morgan fingerprint density at radius 1 is 0.419 bits per heavy atom. The summed E-state index contributed by atoms with van der Waals surface area (Å²) < 4.78 is 30.4. The predicted octanol–water partition coefficient (Wildman–Crippen LogP) is 22.0. The van der Waals surface area contributed by atoms with Crippen molar-refractivity contribution in [1.29, 1.82) is 0 Å². The number of unbranched alkanes of at least 4 members (excludes halogenated alkanes) is 29. The molecule has 86 heavy (non-hydrogen) atoms. The molecule has 0 rings (SSSR count). The van der Waals surface area contributed by atoms with E-state index in [-0.39, 0.29) is 24.9 Å². The van der Waals surface area contributed by atoms with Crippen LogP contribution in [0.3, 0.4) is 0 Å². The van der Waals surface area contributed by atoms with Crippen molar-refractivity contribution < 1.29 is 37.3 Å². The molecule has 0 radical (unpaired) electrons. The van der Waals surface area contributed by atoms with Crippen molar-refractivity contribution in [2.75, 3.05) is 40.9 Å². The lowest BCUT2D eigenvalue weighted by Crippen LogP contribution is -2.47. The predicted molar refractivity (Wildman–Crippen MR) is 371 cm³/mol. The van der Waals surface area contributed by atoms with E-state index >= 15 is 0 Å². The van der Waals surface area contributed by atoms with E-state index in [1.807, 2.05) is 33.3 Å². The summed E-state index contributed by atoms with van der Waals surface area (Å²) in [4.78, 5) is 40.2. The molecular formula is C76H133N2O7P. The fraction of sp³-hybridized carbons (Fsp3) is 0.711. The van der Waals surface area contributed by atoms with Crippen LogP contribution in [0.4, 0.5) is 0 Å². The summed E-state index contributed by atoms with van der Waals surface area (Å²) in [6.07, 6.45) is 90.3. The Morgan fingerprint density at radius 2 is 0.744 bits per heavy atom. The maximum atomic E-state index is 13.6. The van der Waals surface area contributed by atoms with Crippen molar-refractivity contribution in [1.82, 2.24) is 5.32 Å². The van der Waals surface area contributed by atoms with Gasteiger partial charge in [0.05, 0.1) is 33.8 Å². The van der Waals surface area contributed by atoms with Crippen LogP contribution in [0.2, 0.25) is 0 Å². The van der Waals surface area contributed by atoms with Gasteiger partial charge in [0.25, 0.3) is 7.82 Å². The van der Waals surface area contributed by atoms with Crippen LogP contribution < -0.4 is 10.2 Å². The summed E-state index contributed by atoms with van der Waals surface area (Å²) in [6.45, 7) is 6.70. The number of phosphoric acid groups is 1. The Balaban J connectivity index is 5.14. The smallest absolute Gasteiger partial charge is 0.306 e. The van der Waals surface area contributed by atoms with Gasteiger partial charge in [-0.3, -0.25) is 14.2 Å². The number of hydrogen-bond donors (Lipinski definition) is 1. The molecule has 0 saturated heterocycles. The molecule has 0 aliphatic heterocycles. The topological polar surface area (TPSA) is 114 Å². The van der Waals surface area contributed by atoms with Crippen LogP contribution in [0, 0.1) is 0 Å². The molecule has 0 aliphatic rings. The quantitative estimate of drug-likeness (QED) is 0.0212. The SMILES string of the molecule is CC/C=C\C/C=C\C/C=C\C/C=C\C/C=C\CCCCCCCCCCCC(=O)OC(/C=C/CCCCCCCCCCCC)C(COP(=O)([O-])OCC[N+](C)(C)C)NC(=O)CCCCCCCCC/C=C\C/C=C\C/C=C\C/C=C\CCCCC. The molecule has 0 bridgehead atoms. The lowest BCUT2D eigenvalue weighted by Gasteiger charge is -2.30. The second-order valence-corrected chi connectivity index (χ2v) is 26.1. The van der Waals surface area contributed by atoms with Gasteiger partial charge >= 0.3 is 5.97 Å². The second-order valence-electron chi connectivity index (χ2n) is 24.6. The molecule has 0 aliphatic carbocycles. The number of nitrogens with zero attached hydrogens (tertiary/aromatic N) is 1. The van der Waals surface area contributed by atoms with Crippen molar-refractivity contribution in [2.24, 2.45) is 0 Å². The normalized spacial score (nSPS) is 14.3. The fourth-order valence-electron chi connectivity index (χ4n) is 9.71. The van der Waals surface area contributed by atoms with Crippen LogP contribution in [0.5, 0.6) is 0 Å². The van der Waals surface area contributed by atoms with Crippen molar-refractivity contribution in [3.8, 4) is 0 Å². The standard InChI is InChI=1S/C76H133N2O7P/c1-7-10-13-16-19-22-25-28-30-32-34-36-38-39-41-43-45-47-49-51-54-57-60-63-66-69-76(80)85-74(67-64-61-58-55-52-27-24-21-18-15-12-9-3)73(72-84-86(81,82)83-71-70-78(4,5)6)77-75(79)68-65-62-59-56-53-50-48-46-44-42-40-37-35-33-31-29-26-23-20-17-14-11-8-2/h10,13,19-20,22-23,28-31,34-37,39,41-42,44,64,67,73-74H,7-9,11-12,14-18,21,24-27,32-33,38,40,43,45-63,65-66,68-72H2,1-6H3,(H-,77,79,81,82)/b13-10-,22-19-,23-20-,30-28-,31-29-,36-34-,37-35-,41-39-,44-42-,67-64+. The lowest BCUT2D eigenvalue weighted by atomic mass is 10.0. The van der Waals surface area contributed by atoms with Crippen molar-refractivity contribution >= 4 is 19.7 Å². The molecule has 0 aromatic rings. The summed E-state index contributed by atoms with van der Waals surface area (Å²) in [5.41, 5.74) is 0. The number of quaternary nitrogens is 1. The van der Waals surface area contributed by atoms with Crippen LogP contribution in [0.1, 0.15) is 297 Å². The Morgan fingerprint density at radius 3 is 1.14 bits per heavy atom. The largest absolute Gasteiger partial charge is 0.756 e. The summed E-state index contributed by atoms with van der Waals surface area (Å²) >= 11 is 0. The van der Waals surface area contributed by atoms with E-state index in [4.69, 9.17) is 13.8 Å². The van der Waals surface area contributed by atoms with Gasteiger partial charge in [-0.2, -0.15) is 0 Å². The number of esters is 1. The second kappa shape index (κ2) is 64.4. The number of allylic oxidation sites excluding steroid dienone is 19. The Bertz CT molecular complexity index is 1890. The van der Waals surface area contributed by atoms with Gasteiger partial charge in [0.1, 0.15) is 19.3 Å². The summed E-state index contributed by atoms with van der Waals surface area (Å²) in [5, 5.41) is 3.03. The van der Waals surface area contributed by atoms with Gasteiger partial charge in [-0.1, -0.05) is 284 Å². The zero-order valence-electron chi connectivity index (χ0n) is 56.5. The Hall–Kier alpha value is -3.59. The Kier molecular flexibility index (Phi) is 61.7. The summed E-state index contributed by atoms with van der Waals surface area (Å²) in [7, 11) is 1.16. The van der Waals surface area contributed by atoms with Crippen LogP contribution in [0.15, 0.2) is 122 Å². The first-order valence-electron chi connectivity index (χ1n) is 35.3. The molecule has 0 heterocycles. The lowest BCUT2D eigenvalue weighted by molar-refractivity contribution is -0.870. The molecule has 0 spiro atoms. The third kappa shape index (κ3) is 64.9. The van der Waals surface area contributed by atoms with Crippen LogP contribution in [-0.2, 0) is 27.9 Å². The highest BCUT2D eigenvalue weighted by Gasteiger charge is 2.27. The number of phosphoric ester groups is 1. The summed E-state index contributed by atoms with van der Waals surface area (Å²) in [6, 6.07) is -0.906. The maximum Gasteiger partial charge on any atom is 0.306 e. The number of nitrogens with one attached hydrogen (secondary N) is 1. The molecular weight excluding hydrogens is 1080 g/mol. The van der Waals surface area contributed by atoms with E-state index in [1.54, 1.807) is 0 Å². The van der Waals surface area contributed by atoms with Gasteiger partial charge < -0.3 is 28.5 Å². The third-order valence-corrected chi connectivity index (χ3v) is 16.1. The van der Waals surface area contributed by atoms with Crippen molar-refractivity contribution in [3.63, 3.8) is 0 Å². The molecule has 0 aromatic carbocycles. The molecule has 494 valence electrons. The molecule has 3 unspecified atom stereocenters. The van der Waals surface area contributed by atoms with Gasteiger partial charge in [0.2, 0.25) is 5.91 Å². The summed E-state index contributed by atoms with van der Waals surface area (Å²) in [5.74, 6) is -0.562. The average molecular weight is 1220 g/mol. The van der Waals surface area contributed by atoms with E-state index in [9.17, 15) is 19.0 Å². The molecule has 0 fully saturated rings. The molecule has 10 heteroatoms. The Labute approximate surface area is 531 Å². The molecule has 1 N–H and O–H groups in total. The number of likely N-dealkylation sites (N-methyl/N-ethyl adjacent to an activating group) is 1. The minimum atomic E-state index is -4.72. The molecule has 3 atom stereocenters. The molecule has 0 aromatic heterocycles. The number of carbonyl (C=O) groups excluding carboxylic acids is 2. The number of hydrogen-bond acceptors (Lipinski definition) is 7. The number of rotatable bonds is 63. The van der Waals surface area contributed by atoms with E-state index in [0.29, 0.717) is 17.4 Å². The van der Waals surface area contributed by atoms with E-state index in [2.05, 4.69) is 135 Å². The minimum absolute atomic E-state index is 0.0315. The molecule has 9 nitrogen and oxygen atoms in total. The van der Waals surface area contributed by atoms with Crippen molar-refractivity contribution in [2.45, 2.75) is 309 Å². The van der Waals surface area contributed by atoms with Crippen molar-refractivity contribution in [3.05, 3.63) is 122 Å². The zero-order valence-corrected chi connectivity index (χ0v) is 57.4. The number of ether oxygens (including phenoxy) is 1. The van der Waals surface area contributed by atoms with Gasteiger partial charge in [0.15, 0.2) is 0 Å². The van der Waals surface area contributed by atoms with Gasteiger partial charge in [0, 0.05) is 12.8 Å². The molecule has 1 amide bonds. The highest BCUT2D eigenvalue weighted by atomic mass is 31.2. The fourth-order valence-corrected chi connectivity index (χ4v) is 10.4. The first-order chi connectivity index (χ1) is 41.9. The highest BCUT2D eigenvalue weighted by Crippen LogP contribution is 2.38. The monoisotopic (exact) mass is 1220 g/mol. The maximum absolute atomic E-state index is 13.6. The average Bonchev–Trinajstić information content (AvgIpc) is 3.65. The van der Waals surface area contributed by atoms with E-state index in [1.165, 1.54) is 128 Å². The van der Waals surface area contributed by atoms with Crippen LogP contribution >= 0.6 is 7.82 Å². The molecule has 0 saturated carbocycles.